The quantitative estimate of drug-likeness (QED) is 0.352. The predicted octanol–water partition coefficient (Wildman–Crippen LogP) is 4.27. The lowest BCUT2D eigenvalue weighted by Gasteiger charge is -2.34. The number of nitrogens with one attached hydrogen (secondary N) is 2. The van der Waals surface area contributed by atoms with Gasteiger partial charge < -0.3 is 20.3 Å². The zero-order chi connectivity index (χ0) is 19.9. The van der Waals surface area contributed by atoms with Crippen molar-refractivity contribution in [2.45, 2.75) is 45.8 Å². The highest BCUT2D eigenvalue weighted by Crippen LogP contribution is 2.19. The first kappa shape index (κ1) is 24.8. The third-order valence-corrected chi connectivity index (χ3v) is 4.58. The number of ether oxygens (including phenoxy) is 1. The van der Waals surface area contributed by atoms with Gasteiger partial charge in [-0.15, -0.1) is 24.0 Å². The second-order valence-corrected chi connectivity index (χ2v) is 8.30. The average Bonchev–Trinajstić information content (AvgIpc) is 2.62. The molecule has 1 aromatic carbocycles. The maximum absolute atomic E-state index is 12.3. The minimum Gasteiger partial charge on any atom is -0.444 e. The van der Waals surface area contributed by atoms with Crippen LogP contribution in [0.3, 0.4) is 0 Å². The van der Waals surface area contributed by atoms with Crippen LogP contribution in [0.4, 0.5) is 4.79 Å². The zero-order valence-corrected chi connectivity index (χ0v) is 20.2. The fourth-order valence-corrected chi connectivity index (χ4v) is 3.10. The van der Waals surface area contributed by atoms with Gasteiger partial charge in [0.1, 0.15) is 5.60 Å². The predicted molar refractivity (Wildman–Crippen MR) is 126 cm³/mol. The standard InChI is InChI=1S/C20H31ClN4O2.HI/c1-20(2,3)27-19(26)25-11-5-6-16(14-25)13-24-18(22-4)23-12-15-7-9-17(21)10-8-15;/h7-10,16H,5-6,11-14H2,1-4H3,(H2,22,23,24);1H. The molecule has 2 rings (SSSR count). The van der Waals surface area contributed by atoms with Crippen molar-refractivity contribution < 1.29 is 9.53 Å². The van der Waals surface area contributed by atoms with Crippen molar-refractivity contribution >= 4 is 47.6 Å². The summed E-state index contributed by atoms with van der Waals surface area (Å²) in [4.78, 5) is 18.4. The Labute approximate surface area is 190 Å². The molecule has 8 heteroatoms. The lowest BCUT2D eigenvalue weighted by atomic mass is 9.98. The molecule has 1 atom stereocenters. The van der Waals surface area contributed by atoms with Crippen molar-refractivity contribution in [2.75, 3.05) is 26.7 Å². The molecule has 0 aliphatic carbocycles. The third-order valence-electron chi connectivity index (χ3n) is 4.33. The number of nitrogens with zero attached hydrogens (tertiary/aromatic N) is 2. The van der Waals surface area contributed by atoms with Crippen LogP contribution in [0.15, 0.2) is 29.3 Å². The van der Waals surface area contributed by atoms with Crippen molar-refractivity contribution in [3.63, 3.8) is 0 Å². The van der Waals surface area contributed by atoms with E-state index >= 15 is 0 Å². The fraction of sp³-hybridized carbons (Fsp3) is 0.600. The molecule has 1 aliphatic rings. The summed E-state index contributed by atoms with van der Waals surface area (Å²) in [6, 6.07) is 7.73. The van der Waals surface area contributed by atoms with Crippen LogP contribution in [0.25, 0.3) is 0 Å². The van der Waals surface area contributed by atoms with E-state index in [9.17, 15) is 4.79 Å². The summed E-state index contributed by atoms with van der Waals surface area (Å²) in [5, 5.41) is 7.39. The van der Waals surface area contributed by atoms with Crippen molar-refractivity contribution in [2.24, 2.45) is 10.9 Å². The Kier molecular flexibility index (Phi) is 10.4. The van der Waals surface area contributed by atoms with E-state index in [0.29, 0.717) is 19.0 Å². The second kappa shape index (κ2) is 11.7. The molecule has 0 aromatic heterocycles. The van der Waals surface area contributed by atoms with Gasteiger partial charge in [0.2, 0.25) is 0 Å². The molecule has 6 nitrogen and oxygen atoms in total. The van der Waals surface area contributed by atoms with Gasteiger partial charge in [-0.2, -0.15) is 0 Å². The number of guanidine groups is 1. The Hall–Kier alpha value is -1.22. The molecule has 0 radical (unpaired) electrons. The van der Waals surface area contributed by atoms with Gasteiger partial charge in [0.25, 0.3) is 0 Å². The molecule has 1 unspecified atom stereocenters. The van der Waals surface area contributed by atoms with Gasteiger partial charge in [0.15, 0.2) is 5.96 Å². The number of rotatable bonds is 4. The van der Waals surface area contributed by atoms with Crippen LogP contribution in [0.5, 0.6) is 0 Å². The molecule has 158 valence electrons. The summed E-state index contributed by atoms with van der Waals surface area (Å²) >= 11 is 5.91. The first-order valence-electron chi connectivity index (χ1n) is 9.44. The molecule has 1 fully saturated rings. The number of hydrogen-bond acceptors (Lipinski definition) is 3. The number of aliphatic imine (C=N–C) groups is 1. The van der Waals surface area contributed by atoms with E-state index in [1.807, 2.05) is 49.9 Å². The van der Waals surface area contributed by atoms with Crippen LogP contribution >= 0.6 is 35.6 Å². The summed E-state index contributed by atoms with van der Waals surface area (Å²) in [6.07, 6.45) is 1.85. The van der Waals surface area contributed by atoms with Crippen LogP contribution in [0, 0.1) is 5.92 Å². The number of halogens is 2. The molecule has 0 spiro atoms. The minimum atomic E-state index is -0.462. The molecule has 2 N–H and O–H groups in total. The topological polar surface area (TPSA) is 66.0 Å². The van der Waals surface area contributed by atoms with Gasteiger partial charge in [0, 0.05) is 38.2 Å². The third kappa shape index (κ3) is 8.86. The van der Waals surface area contributed by atoms with Crippen LogP contribution in [-0.4, -0.2) is 49.2 Å². The SMILES string of the molecule is CN=C(NCc1ccc(Cl)cc1)NCC1CCCN(C(=O)OC(C)(C)C)C1.I. The fourth-order valence-electron chi connectivity index (χ4n) is 2.97. The van der Waals surface area contributed by atoms with E-state index < -0.39 is 5.60 Å². The molecule has 1 aliphatic heterocycles. The largest absolute Gasteiger partial charge is 0.444 e. The second-order valence-electron chi connectivity index (χ2n) is 7.87. The molecule has 28 heavy (non-hydrogen) atoms. The molecule has 0 bridgehead atoms. The van der Waals surface area contributed by atoms with Crippen molar-refractivity contribution in [1.29, 1.82) is 0 Å². The Morgan fingerprint density at radius 1 is 1.29 bits per heavy atom. The lowest BCUT2D eigenvalue weighted by molar-refractivity contribution is 0.0168. The first-order chi connectivity index (χ1) is 12.8. The maximum Gasteiger partial charge on any atom is 0.410 e. The smallest absolute Gasteiger partial charge is 0.410 e. The lowest BCUT2D eigenvalue weighted by Crippen LogP contribution is -2.47. The Bertz CT molecular complexity index is 647. The monoisotopic (exact) mass is 522 g/mol. The van der Waals surface area contributed by atoms with Crippen molar-refractivity contribution in [3.8, 4) is 0 Å². The number of piperidine rings is 1. The molecule has 1 heterocycles. The average molecular weight is 523 g/mol. The van der Waals surface area contributed by atoms with Gasteiger partial charge >= 0.3 is 6.09 Å². The summed E-state index contributed by atoms with van der Waals surface area (Å²) in [7, 11) is 1.76. The molecule has 1 aromatic rings. The molecule has 1 amide bonds. The summed E-state index contributed by atoms with van der Waals surface area (Å²) in [6.45, 7) is 8.58. The van der Waals surface area contributed by atoms with Gasteiger partial charge in [-0.1, -0.05) is 23.7 Å². The molecule has 0 saturated carbocycles. The van der Waals surface area contributed by atoms with Gasteiger partial charge in [0.05, 0.1) is 0 Å². The van der Waals surface area contributed by atoms with E-state index in [4.69, 9.17) is 16.3 Å². The van der Waals surface area contributed by atoms with Crippen molar-refractivity contribution in [1.82, 2.24) is 15.5 Å². The number of likely N-dealkylation sites (tertiary alicyclic amines) is 1. The number of benzene rings is 1. The highest BCUT2D eigenvalue weighted by atomic mass is 127. The number of carbonyl (C=O) groups is 1. The van der Waals surface area contributed by atoms with E-state index in [0.717, 1.165) is 42.5 Å². The Balaban J connectivity index is 0.00000392. The zero-order valence-electron chi connectivity index (χ0n) is 17.1. The molecule has 1 saturated heterocycles. The summed E-state index contributed by atoms with van der Waals surface area (Å²) in [5.74, 6) is 1.12. The minimum absolute atomic E-state index is 0. The van der Waals surface area contributed by atoms with Crippen molar-refractivity contribution in [3.05, 3.63) is 34.9 Å². The Morgan fingerprint density at radius 3 is 2.57 bits per heavy atom. The van der Waals surface area contributed by atoms with Gasteiger partial charge in [-0.05, 0) is 57.2 Å². The van der Waals surface area contributed by atoms with Crippen LogP contribution in [0.2, 0.25) is 5.02 Å². The van der Waals surface area contributed by atoms with E-state index in [1.165, 1.54) is 0 Å². The summed E-state index contributed by atoms with van der Waals surface area (Å²) in [5.41, 5.74) is 0.673. The van der Waals surface area contributed by atoms with E-state index in [2.05, 4.69) is 15.6 Å². The number of hydrogen-bond donors (Lipinski definition) is 2. The normalized spacial score (nSPS) is 17.5. The van der Waals surface area contributed by atoms with Crippen LogP contribution in [0.1, 0.15) is 39.2 Å². The Morgan fingerprint density at radius 2 is 1.96 bits per heavy atom. The maximum atomic E-state index is 12.3. The number of carbonyl (C=O) groups excluding carboxylic acids is 1. The number of amides is 1. The van der Waals surface area contributed by atoms with Crippen LogP contribution in [-0.2, 0) is 11.3 Å². The van der Waals surface area contributed by atoms with Gasteiger partial charge in [-0.3, -0.25) is 4.99 Å². The first-order valence-corrected chi connectivity index (χ1v) is 9.81. The van der Waals surface area contributed by atoms with Gasteiger partial charge in [-0.25, -0.2) is 4.79 Å². The summed E-state index contributed by atoms with van der Waals surface area (Å²) < 4.78 is 5.49. The highest BCUT2D eigenvalue weighted by Gasteiger charge is 2.27. The molecular weight excluding hydrogens is 491 g/mol. The highest BCUT2D eigenvalue weighted by molar-refractivity contribution is 14.0. The molecular formula is C20H32ClIN4O2. The van der Waals surface area contributed by atoms with Crippen LogP contribution < -0.4 is 10.6 Å². The van der Waals surface area contributed by atoms with E-state index in [1.54, 1.807) is 7.05 Å². The van der Waals surface area contributed by atoms with E-state index in [-0.39, 0.29) is 30.1 Å².